The van der Waals surface area contributed by atoms with E-state index in [0.29, 0.717) is 6.41 Å². The molecule has 0 spiro atoms. The molecule has 1 aromatic rings. The van der Waals surface area contributed by atoms with Gasteiger partial charge in [0.25, 0.3) is 0 Å². The highest BCUT2D eigenvalue weighted by molar-refractivity contribution is 9.10. The van der Waals surface area contributed by atoms with Crippen LogP contribution in [0.3, 0.4) is 0 Å². The van der Waals surface area contributed by atoms with Gasteiger partial charge in [0.05, 0.1) is 12.1 Å². The molecule has 0 unspecified atom stereocenters. The number of thiazole rings is 1. The van der Waals surface area contributed by atoms with Crippen molar-refractivity contribution in [2.45, 2.75) is 39.0 Å². The van der Waals surface area contributed by atoms with E-state index in [2.05, 4.69) is 36.5 Å². The van der Waals surface area contributed by atoms with Gasteiger partial charge >= 0.3 is 5.97 Å². The number of ether oxygens (including phenoxy) is 1. The zero-order chi connectivity index (χ0) is 15.9. The Morgan fingerprint density at radius 1 is 1.43 bits per heavy atom. The molecule has 0 bridgehead atoms. The Labute approximate surface area is 137 Å². The van der Waals surface area contributed by atoms with Gasteiger partial charge in [-0.05, 0) is 35.2 Å². The van der Waals surface area contributed by atoms with E-state index in [9.17, 15) is 9.59 Å². The van der Waals surface area contributed by atoms with Crippen molar-refractivity contribution in [2.75, 3.05) is 13.7 Å². The number of carbonyl (C=O) groups excluding carboxylic acids is 2. The molecule has 2 N–H and O–H groups in total. The quantitative estimate of drug-likeness (QED) is 0.298. The Kier molecular flexibility index (Phi) is 13.3. The summed E-state index contributed by atoms with van der Waals surface area (Å²) in [5.74, 6) is -0.245. The van der Waals surface area contributed by atoms with Crippen LogP contribution in [0.2, 0.25) is 0 Å². The minimum Gasteiger partial charge on any atom is -0.469 e. The van der Waals surface area contributed by atoms with E-state index in [1.54, 1.807) is 11.3 Å². The first-order valence-corrected chi connectivity index (χ1v) is 8.34. The molecule has 0 saturated carbocycles. The fraction of sp³-hybridized carbons (Fsp3) is 0.615. The molecule has 1 heterocycles. The van der Waals surface area contributed by atoms with Crippen molar-refractivity contribution >= 4 is 39.6 Å². The number of aromatic nitrogens is 1. The van der Waals surface area contributed by atoms with E-state index in [1.165, 1.54) is 38.3 Å². The first-order valence-electron chi connectivity index (χ1n) is 6.66. The lowest BCUT2D eigenvalue weighted by molar-refractivity contribution is -0.137. The summed E-state index contributed by atoms with van der Waals surface area (Å²) < 4.78 is 5.05. The van der Waals surface area contributed by atoms with E-state index in [-0.39, 0.29) is 5.97 Å². The summed E-state index contributed by atoms with van der Waals surface area (Å²) in [7, 11) is 1.35. The van der Waals surface area contributed by atoms with Crippen LogP contribution in [-0.4, -0.2) is 31.0 Å². The molecule has 8 heteroatoms. The molecule has 6 nitrogen and oxygen atoms in total. The first-order chi connectivity index (χ1) is 10.1. The molecule has 0 aliphatic rings. The van der Waals surface area contributed by atoms with E-state index >= 15 is 0 Å². The van der Waals surface area contributed by atoms with Crippen molar-refractivity contribution in [3.8, 4) is 0 Å². The molecule has 0 fully saturated rings. The average Bonchev–Trinajstić information content (AvgIpc) is 2.88. The molecule has 0 aromatic carbocycles. The fourth-order valence-corrected chi connectivity index (χ4v) is 2.67. The number of hydrazine groups is 1. The lowest BCUT2D eigenvalue weighted by Gasteiger charge is -2.01. The number of methoxy groups -OCH3 is 1. The van der Waals surface area contributed by atoms with Crippen molar-refractivity contribution in [2.24, 2.45) is 0 Å². The number of esters is 1. The maximum Gasteiger partial charge on any atom is 0.302 e. The lowest BCUT2D eigenvalue weighted by Crippen LogP contribution is -2.30. The van der Waals surface area contributed by atoms with Gasteiger partial charge in [-0.25, -0.2) is 10.4 Å². The Balaban J connectivity index is 0.000000690. The lowest BCUT2D eigenvalue weighted by atomic mass is 10.1. The Hall–Kier alpha value is -0.990. The van der Waals surface area contributed by atoms with Gasteiger partial charge in [0.2, 0.25) is 6.41 Å². The molecule has 0 aliphatic heterocycles. The molecular formula is C13H22BrN3O3S. The number of aryl methyl sites for hydroxylation is 1. The summed E-state index contributed by atoms with van der Waals surface area (Å²) in [4.78, 5) is 23.8. The highest BCUT2D eigenvalue weighted by atomic mass is 79.9. The zero-order valence-electron chi connectivity index (χ0n) is 12.4. The molecule has 120 valence electrons. The monoisotopic (exact) mass is 379 g/mol. The summed E-state index contributed by atoms with van der Waals surface area (Å²) in [5.41, 5.74) is 5.24. The summed E-state index contributed by atoms with van der Waals surface area (Å²) in [5, 5.41) is 3.22. The van der Waals surface area contributed by atoms with Gasteiger partial charge in [-0.1, -0.05) is 12.8 Å². The minimum absolute atomic E-state index is 0.245. The van der Waals surface area contributed by atoms with E-state index in [4.69, 9.17) is 0 Å². The Bertz CT molecular complexity index is 402. The number of unbranched alkanes of at least 4 members (excludes halogenated alkanes) is 3. The predicted octanol–water partition coefficient (Wildman–Crippen LogP) is 2.44. The number of rotatable bonds is 9. The van der Waals surface area contributed by atoms with Crippen molar-refractivity contribution < 1.29 is 14.3 Å². The van der Waals surface area contributed by atoms with Crippen LogP contribution >= 0.6 is 27.3 Å². The number of hydrogen-bond acceptors (Lipinski definition) is 6. The molecule has 1 aromatic heterocycles. The van der Waals surface area contributed by atoms with Gasteiger partial charge in [-0.3, -0.25) is 15.0 Å². The Morgan fingerprint density at radius 3 is 2.62 bits per heavy atom. The maximum atomic E-state index is 9.92. The standard InChI is InChI=1S/C10H16BrN3OS.C3H6O2/c11-9-7-16-10(14-9)5-3-1-2-4-6-12-13-8-15;1-3(4)5-2/h7-8,12H,1-6H2,(H,13,15);1-2H3. The predicted molar refractivity (Wildman–Crippen MR) is 86.9 cm³/mol. The van der Waals surface area contributed by atoms with Crippen LogP contribution in [0.4, 0.5) is 0 Å². The molecule has 0 saturated heterocycles. The van der Waals surface area contributed by atoms with Crippen molar-refractivity contribution in [3.63, 3.8) is 0 Å². The van der Waals surface area contributed by atoms with Gasteiger partial charge in [-0.15, -0.1) is 11.3 Å². The number of amides is 1. The van der Waals surface area contributed by atoms with Gasteiger partial charge < -0.3 is 4.74 Å². The topological polar surface area (TPSA) is 80.3 Å². The third kappa shape index (κ3) is 13.7. The summed E-state index contributed by atoms with van der Waals surface area (Å²) in [6.07, 6.45) is 6.38. The van der Waals surface area contributed by atoms with Crippen LogP contribution in [0.5, 0.6) is 0 Å². The molecule has 1 amide bonds. The normalized spacial score (nSPS) is 9.48. The first kappa shape index (κ1) is 20.0. The number of hydrogen-bond donors (Lipinski definition) is 2. The summed E-state index contributed by atoms with van der Waals surface area (Å²) in [6, 6.07) is 0. The van der Waals surface area contributed by atoms with Gasteiger partial charge in [0.1, 0.15) is 4.60 Å². The highest BCUT2D eigenvalue weighted by Gasteiger charge is 1.98. The van der Waals surface area contributed by atoms with Crippen LogP contribution in [0, 0.1) is 0 Å². The van der Waals surface area contributed by atoms with Crippen LogP contribution < -0.4 is 10.9 Å². The van der Waals surface area contributed by atoms with Crippen LogP contribution in [0.25, 0.3) is 0 Å². The molecule has 21 heavy (non-hydrogen) atoms. The molecular weight excluding hydrogens is 358 g/mol. The van der Waals surface area contributed by atoms with Gasteiger partial charge in [-0.2, -0.15) is 0 Å². The second-order valence-electron chi connectivity index (χ2n) is 4.11. The van der Waals surface area contributed by atoms with Crippen LogP contribution in [0.1, 0.15) is 37.6 Å². The highest BCUT2D eigenvalue weighted by Crippen LogP contribution is 2.17. The van der Waals surface area contributed by atoms with Gasteiger partial charge in [0, 0.05) is 18.8 Å². The molecule has 0 atom stereocenters. The largest absolute Gasteiger partial charge is 0.469 e. The molecule has 1 rings (SSSR count). The van der Waals surface area contributed by atoms with E-state index < -0.39 is 0 Å². The second-order valence-corrected chi connectivity index (χ2v) is 5.87. The summed E-state index contributed by atoms with van der Waals surface area (Å²) >= 11 is 5.05. The SMILES string of the molecule is COC(C)=O.O=CNNCCCCCCc1nc(Br)cs1. The third-order valence-electron chi connectivity index (χ3n) is 2.41. The fourth-order valence-electron chi connectivity index (χ4n) is 1.36. The average molecular weight is 380 g/mol. The minimum atomic E-state index is -0.245. The van der Waals surface area contributed by atoms with Crippen molar-refractivity contribution in [1.29, 1.82) is 0 Å². The van der Waals surface area contributed by atoms with E-state index in [1.807, 2.05) is 5.38 Å². The number of nitrogens with zero attached hydrogens (tertiary/aromatic N) is 1. The number of carbonyl (C=O) groups is 2. The van der Waals surface area contributed by atoms with Crippen LogP contribution in [-0.2, 0) is 20.7 Å². The number of nitrogens with one attached hydrogen (secondary N) is 2. The summed E-state index contributed by atoms with van der Waals surface area (Å²) in [6.45, 7) is 2.20. The van der Waals surface area contributed by atoms with Crippen molar-refractivity contribution in [3.05, 3.63) is 15.0 Å². The Morgan fingerprint density at radius 2 is 2.10 bits per heavy atom. The van der Waals surface area contributed by atoms with Gasteiger partial charge in [0.15, 0.2) is 0 Å². The maximum absolute atomic E-state index is 9.92. The smallest absolute Gasteiger partial charge is 0.302 e. The second kappa shape index (κ2) is 14.0. The molecule has 0 radical (unpaired) electrons. The van der Waals surface area contributed by atoms with Crippen LogP contribution in [0.15, 0.2) is 9.98 Å². The number of halogens is 1. The van der Waals surface area contributed by atoms with Crippen molar-refractivity contribution in [1.82, 2.24) is 15.8 Å². The third-order valence-corrected chi connectivity index (χ3v) is 4.03. The zero-order valence-corrected chi connectivity index (χ0v) is 14.8. The molecule has 0 aliphatic carbocycles. The van der Waals surface area contributed by atoms with E-state index in [0.717, 1.165) is 24.0 Å².